The number of nitrogens with zero attached hydrogens (tertiary/aromatic N) is 1. The number of rotatable bonds is 11. The molecule has 0 saturated heterocycles. The van der Waals surface area contributed by atoms with E-state index >= 15 is 0 Å². The first-order chi connectivity index (χ1) is 18.8. The number of sulfonamides is 1. The number of para-hydroxylation sites is 1. The van der Waals surface area contributed by atoms with Gasteiger partial charge in [0.05, 0.1) is 42.4 Å². The lowest BCUT2D eigenvalue weighted by molar-refractivity contribution is 0.0940. The second-order valence-electron chi connectivity index (χ2n) is 8.89. The topological polar surface area (TPSA) is 84.9 Å². The van der Waals surface area contributed by atoms with E-state index < -0.39 is 10.0 Å². The lowest BCUT2D eigenvalue weighted by atomic mass is 10.1. The lowest BCUT2D eigenvalue weighted by Gasteiger charge is -2.27. The van der Waals surface area contributed by atoms with Crippen molar-refractivity contribution in [3.05, 3.63) is 120 Å². The third kappa shape index (κ3) is 6.59. The van der Waals surface area contributed by atoms with E-state index in [1.807, 2.05) is 68.4 Å². The molecule has 202 valence electrons. The summed E-state index contributed by atoms with van der Waals surface area (Å²) in [7, 11) is -2.52. The smallest absolute Gasteiger partial charge is 0.264 e. The summed E-state index contributed by atoms with van der Waals surface area (Å²) in [5, 5.41) is 3.01. The van der Waals surface area contributed by atoms with Gasteiger partial charge in [0.15, 0.2) is 0 Å². The van der Waals surface area contributed by atoms with Gasteiger partial charge in [-0.2, -0.15) is 0 Å². The Bertz CT molecular complexity index is 1490. The fourth-order valence-corrected chi connectivity index (χ4v) is 5.66. The molecule has 1 unspecified atom stereocenters. The minimum atomic E-state index is -4.04. The largest absolute Gasteiger partial charge is 0.497 e. The highest BCUT2D eigenvalue weighted by Crippen LogP contribution is 2.30. The van der Waals surface area contributed by atoms with E-state index in [0.717, 1.165) is 16.9 Å². The first kappa shape index (κ1) is 27.7. The minimum absolute atomic E-state index is 0.0495. The average molecular weight is 545 g/mol. The number of carbonyl (C=O) groups is 1. The van der Waals surface area contributed by atoms with E-state index in [4.69, 9.17) is 9.47 Å². The van der Waals surface area contributed by atoms with Crippen LogP contribution >= 0.6 is 0 Å². The third-order valence-electron chi connectivity index (χ3n) is 6.27. The van der Waals surface area contributed by atoms with Gasteiger partial charge in [0.1, 0.15) is 11.5 Å². The van der Waals surface area contributed by atoms with Crippen LogP contribution in [-0.4, -0.2) is 28.0 Å². The highest BCUT2D eigenvalue weighted by atomic mass is 32.2. The van der Waals surface area contributed by atoms with Gasteiger partial charge < -0.3 is 14.8 Å². The molecule has 1 N–H and O–H groups in total. The summed E-state index contributed by atoms with van der Waals surface area (Å²) in [5.41, 5.74) is 2.22. The Labute approximate surface area is 230 Å². The summed E-state index contributed by atoms with van der Waals surface area (Å²) in [5.74, 6) is 0.923. The van der Waals surface area contributed by atoms with Gasteiger partial charge in [0.25, 0.3) is 15.9 Å². The molecule has 0 saturated carbocycles. The maximum Gasteiger partial charge on any atom is 0.264 e. The molecule has 39 heavy (non-hydrogen) atoms. The molecule has 0 aliphatic rings. The summed E-state index contributed by atoms with van der Waals surface area (Å²) in [6.45, 7) is 4.42. The van der Waals surface area contributed by atoms with Gasteiger partial charge in [-0.15, -0.1) is 0 Å². The number of benzene rings is 4. The van der Waals surface area contributed by atoms with E-state index in [1.165, 1.54) is 23.5 Å². The highest BCUT2D eigenvalue weighted by Gasteiger charge is 2.29. The molecule has 0 radical (unpaired) electrons. The van der Waals surface area contributed by atoms with Crippen molar-refractivity contribution in [1.29, 1.82) is 0 Å². The number of nitrogens with one attached hydrogen (secondary N) is 1. The van der Waals surface area contributed by atoms with Crippen LogP contribution in [0.25, 0.3) is 0 Å². The standard InChI is InChI=1S/C31H32N2O5S/c1-4-38-27-16-14-25(15-17-27)23(2)32-31(34)29-12-8-9-13-30(29)33(22-24-10-6-5-7-11-24)39(35,36)28-20-18-26(37-3)19-21-28/h5-21,23H,4,22H2,1-3H3,(H,32,34). The van der Waals surface area contributed by atoms with Crippen molar-refractivity contribution in [3.63, 3.8) is 0 Å². The molecule has 8 heteroatoms. The molecule has 0 aliphatic heterocycles. The first-order valence-electron chi connectivity index (χ1n) is 12.7. The summed E-state index contributed by atoms with van der Waals surface area (Å²) in [4.78, 5) is 13.6. The van der Waals surface area contributed by atoms with Gasteiger partial charge in [-0.3, -0.25) is 9.10 Å². The summed E-state index contributed by atoms with van der Waals surface area (Å²) in [6, 6.07) is 29.4. The third-order valence-corrected chi connectivity index (χ3v) is 8.05. The van der Waals surface area contributed by atoms with Crippen LogP contribution in [0.1, 0.15) is 41.4 Å². The van der Waals surface area contributed by atoms with Crippen molar-refractivity contribution < 1.29 is 22.7 Å². The zero-order chi connectivity index (χ0) is 27.8. The second kappa shape index (κ2) is 12.5. The molecule has 0 fully saturated rings. The van der Waals surface area contributed by atoms with E-state index in [-0.39, 0.29) is 34.6 Å². The fraction of sp³-hybridized carbons (Fsp3) is 0.194. The van der Waals surface area contributed by atoms with Gasteiger partial charge in [-0.05, 0) is 73.5 Å². The molecule has 4 aromatic rings. The molecule has 0 aliphatic carbocycles. The maximum absolute atomic E-state index is 14.0. The van der Waals surface area contributed by atoms with E-state index in [1.54, 1.807) is 36.4 Å². The van der Waals surface area contributed by atoms with Crippen LogP contribution in [0.3, 0.4) is 0 Å². The van der Waals surface area contributed by atoms with Crippen LogP contribution in [0.4, 0.5) is 5.69 Å². The van der Waals surface area contributed by atoms with Crippen molar-refractivity contribution >= 4 is 21.6 Å². The number of ether oxygens (including phenoxy) is 2. The Morgan fingerprint density at radius 2 is 1.46 bits per heavy atom. The lowest BCUT2D eigenvalue weighted by Crippen LogP contribution is -2.34. The molecule has 0 bridgehead atoms. The molecule has 1 amide bonds. The molecule has 0 spiro atoms. The highest BCUT2D eigenvalue weighted by molar-refractivity contribution is 7.92. The number of hydrogen-bond donors (Lipinski definition) is 1. The Morgan fingerprint density at radius 1 is 0.846 bits per heavy atom. The van der Waals surface area contributed by atoms with Crippen LogP contribution in [-0.2, 0) is 16.6 Å². The zero-order valence-electron chi connectivity index (χ0n) is 22.2. The second-order valence-corrected chi connectivity index (χ2v) is 10.7. The van der Waals surface area contributed by atoms with Crippen LogP contribution in [0.2, 0.25) is 0 Å². The van der Waals surface area contributed by atoms with Gasteiger partial charge >= 0.3 is 0 Å². The minimum Gasteiger partial charge on any atom is -0.497 e. The Kier molecular flexibility index (Phi) is 8.88. The quantitative estimate of drug-likeness (QED) is 0.251. The number of hydrogen-bond acceptors (Lipinski definition) is 5. The van der Waals surface area contributed by atoms with Gasteiger partial charge in [-0.1, -0.05) is 54.6 Å². The van der Waals surface area contributed by atoms with Crippen LogP contribution in [0, 0.1) is 0 Å². The van der Waals surface area contributed by atoms with E-state index in [9.17, 15) is 13.2 Å². The SMILES string of the molecule is CCOc1ccc(C(C)NC(=O)c2ccccc2N(Cc2ccccc2)S(=O)(=O)c2ccc(OC)cc2)cc1. The van der Waals surface area contributed by atoms with Gasteiger partial charge in [0.2, 0.25) is 0 Å². The Hall–Kier alpha value is -4.30. The Morgan fingerprint density at radius 3 is 2.10 bits per heavy atom. The van der Waals surface area contributed by atoms with Crippen molar-refractivity contribution in [2.75, 3.05) is 18.0 Å². The van der Waals surface area contributed by atoms with Crippen LogP contribution in [0.15, 0.2) is 108 Å². The van der Waals surface area contributed by atoms with Crippen LogP contribution < -0.4 is 19.1 Å². The zero-order valence-corrected chi connectivity index (χ0v) is 23.0. The summed E-state index contributed by atoms with van der Waals surface area (Å²) >= 11 is 0. The number of anilines is 1. The van der Waals surface area contributed by atoms with Crippen molar-refractivity contribution in [2.45, 2.75) is 31.3 Å². The predicted molar refractivity (Wildman–Crippen MR) is 153 cm³/mol. The van der Waals surface area contributed by atoms with Crippen LogP contribution in [0.5, 0.6) is 11.5 Å². The normalized spacial score (nSPS) is 11.9. The van der Waals surface area contributed by atoms with Gasteiger partial charge in [-0.25, -0.2) is 8.42 Å². The number of methoxy groups -OCH3 is 1. The average Bonchev–Trinajstić information content (AvgIpc) is 2.97. The molecule has 4 rings (SSSR count). The number of carbonyl (C=O) groups excluding carboxylic acids is 1. The molecule has 7 nitrogen and oxygen atoms in total. The van der Waals surface area contributed by atoms with E-state index in [0.29, 0.717) is 12.4 Å². The van der Waals surface area contributed by atoms with Gasteiger partial charge in [0, 0.05) is 0 Å². The van der Waals surface area contributed by atoms with E-state index in [2.05, 4.69) is 5.32 Å². The molecular weight excluding hydrogens is 512 g/mol. The van der Waals surface area contributed by atoms with Crippen molar-refractivity contribution in [3.8, 4) is 11.5 Å². The molecular formula is C31H32N2O5S. The molecule has 0 aromatic heterocycles. The van der Waals surface area contributed by atoms with Crippen molar-refractivity contribution in [1.82, 2.24) is 5.32 Å². The monoisotopic (exact) mass is 544 g/mol. The maximum atomic E-state index is 14.0. The summed E-state index contributed by atoms with van der Waals surface area (Å²) < 4.78 is 39.9. The Balaban J connectivity index is 1.69. The first-order valence-corrected chi connectivity index (χ1v) is 14.1. The summed E-state index contributed by atoms with van der Waals surface area (Å²) in [6.07, 6.45) is 0. The van der Waals surface area contributed by atoms with Crippen molar-refractivity contribution in [2.24, 2.45) is 0 Å². The predicted octanol–water partition coefficient (Wildman–Crippen LogP) is 5.98. The molecule has 0 heterocycles. The molecule has 1 atom stereocenters. The molecule has 4 aromatic carbocycles. The fourth-order valence-electron chi connectivity index (χ4n) is 4.18. The number of amides is 1.